The van der Waals surface area contributed by atoms with Gasteiger partial charge in [-0.25, -0.2) is 18.1 Å². The molecule has 2 aromatic heterocycles. The largest absolute Gasteiger partial charge is 0.359 e. The van der Waals surface area contributed by atoms with E-state index >= 15 is 0 Å². The third-order valence-corrected chi connectivity index (χ3v) is 5.82. The summed E-state index contributed by atoms with van der Waals surface area (Å²) < 4.78 is 32.3. The SMILES string of the molecule is CCNC(=NCc1cc(C(CC)CC)no1)NCCNS(=O)(=O)c1cccnc1. The fourth-order valence-electron chi connectivity index (χ4n) is 2.76. The van der Waals surface area contributed by atoms with E-state index in [0.717, 1.165) is 18.5 Å². The lowest BCUT2D eigenvalue weighted by atomic mass is 9.99. The average molecular weight is 423 g/mol. The van der Waals surface area contributed by atoms with Crippen LogP contribution in [0.1, 0.15) is 51.0 Å². The van der Waals surface area contributed by atoms with E-state index in [1.807, 2.05) is 13.0 Å². The summed E-state index contributed by atoms with van der Waals surface area (Å²) in [6.45, 7) is 7.85. The molecule has 0 unspecified atom stereocenters. The number of pyridine rings is 1. The van der Waals surface area contributed by atoms with Crippen molar-refractivity contribution in [2.45, 2.75) is 51.0 Å². The Bertz CT molecular complexity index is 863. The molecule has 0 aliphatic carbocycles. The van der Waals surface area contributed by atoms with Crippen molar-refractivity contribution in [1.82, 2.24) is 25.5 Å². The molecule has 0 amide bonds. The summed E-state index contributed by atoms with van der Waals surface area (Å²) in [5.41, 5.74) is 0.961. The first-order chi connectivity index (χ1) is 14.0. The zero-order valence-electron chi connectivity index (χ0n) is 17.2. The molecule has 0 aliphatic heterocycles. The first-order valence-corrected chi connectivity index (χ1v) is 11.4. The van der Waals surface area contributed by atoms with Crippen molar-refractivity contribution in [2.24, 2.45) is 4.99 Å². The average Bonchev–Trinajstić information content (AvgIpc) is 3.19. The van der Waals surface area contributed by atoms with Gasteiger partial charge in [0.15, 0.2) is 11.7 Å². The first kappa shape index (κ1) is 22.8. The van der Waals surface area contributed by atoms with Crippen LogP contribution in [0.25, 0.3) is 0 Å². The number of hydrogen-bond acceptors (Lipinski definition) is 6. The zero-order chi connectivity index (χ0) is 21.1. The molecule has 0 saturated heterocycles. The van der Waals surface area contributed by atoms with Crippen LogP contribution in [0.5, 0.6) is 0 Å². The van der Waals surface area contributed by atoms with Crippen molar-refractivity contribution in [3.63, 3.8) is 0 Å². The molecule has 2 aromatic rings. The molecule has 0 fully saturated rings. The maximum Gasteiger partial charge on any atom is 0.242 e. The van der Waals surface area contributed by atoms with Gasteiger partial charge in [-0.15, -0.1) is 0 Å². The molecule has 0 aliphatic rings. The summed E-state index contributed by atoms with van der Waals surface area (Å²) in [6, 6.07) is 5.04. The number of aromatic nitrogens is 2. The lowest BCUT2D eigenvalue weighted by Crippen LogP contribution is -2.41. The van der Waals surface area contributed by atoms with Crippen molar-refractivity contribution in [3.8, 4) is 0 Å². The Morgan fingerprint density at radius 3 is 2.66 bits per heavy atom. The summed E-state index contributed by atoms with van der Waals surface area (Å²) in [5.74, 6) is 1.67. The Morgan fingerprint density at radius 1 is 1.21 bits per heavy atom. The van der Waals surface area contributed by atoms with Crippen molar-refractivity contribution in [1.29, 1.82) is 0 Å². The Balaban J connectivity index is 1.86. The quantitative estimate of drug-likeness (QED) is 0.288. The fourth-order valence-corrected chi connectivity index (χ4v) is 3.75. The number of nitrogens with zero attached hydrogens (tertiary/aromatic N) is 3. The van der Waals surface area contributed by atoms with Crippen LogP contribution in [-0.4, -0.2) is 44.2 Å². The maximum absolute atomic E-state index is 12.2. The van der Waals surface area contributed by atoms with Gasteiger partial charge in [-0.1, -0.05) is 19.0 Å². The van der Waals surface area contributed by atoms with Gasteiger partial charge in [-0.05, 0) is 31.9 Å². The van der Waals surface area contributed by atoms with E-state index in [1.54, 1.807) is 6.07 Å². The lowest BCUT2D eigenvalue weighted by molar-refractivity contribution is 0.372. The van der Waals surface area contributed by atoms with E-state index in [4.69, 9.17) is 4.52 Å². The predicted octanol–water partition coefficient (Wildman–Crippen LogP) is 2.01. The van der Waals surface area contributed by atoms with Crippen LogP contribution >= 0.6 is 0 Å². The number of hydrogen-bond donors (Lipinski definition) is 3. The molecule has 0 radical (unpaired) electrons. The molecule has 3 N–H and O–H groups in total. The topological polar surface area (TPSA) is 122 Å². The van der Waals surface area contributed by atoms with Gasteiger partial charge in [-0.2, -0.15) is 0 Å². The number of rotatable bonds is 11. The predicted molar refractivity (Wildman–Crippen MR) is 112 cm³/mol. The number of nitrogens with one attached hydrogen (secondary N) is 3. The second-order valence-corrected chi connectivity index (χ2v) is 8.21. The third kappa shape index (κ3) is 7.13. The molecule has 29 heavy (non-hydrogen) atoms. The molecule has 0 aromatic carbocycles. The van der Waals surface area contributed by atoms with Crippen LogP contribution in [0.15, 0.2) is 45.0 Å². The van der Waals surface area contributed by atoms with E-state index in [2.05, 4.69) is 44.3 Å². The van der Waals surface area contributed by atoms with Crippen molar-refractivity contribution < 1.29 is 12.9 Å². The van der Waals surface area contributed by atoms with Gasteiger partial charge in [0.1, 0.15) is 11.4 Å². The highest BCUT2D eigenvalue weighted by Crippen LogP contribution is 2.22. The van der Waals surface area contributed by atoms with Crippen molar-refractivity contribution in [3.05, 3.63) is 42.0 Å². The highest BCUT2D eigenvalue weighted by molar-refractivity contribution is 7.89. The molecule has 160 valence electrons. The van der Waals surface area contributed by atoms with Crippen LogP contribution in [0.2, 0.25) is 0 Å². The minimum atomic E-state index is -3.57. The summed E-state index contributed by atoms with van der Waals surface area (Å²) in [6.07, 6.45) is 4.88. The van der Waals surface area contributed by atoms with Gasteiger partial charge in [0.05, 0.1) is 5.69 Å². The Labute approximate surface area is 172 Å². The third-order valence-electron chi connectivity index (χ3n) is 4.37. The molecule has 0 atom stereocenters. The van der Waals surface area contributed by atoms with E-state index in [-0.39, 0.29) is 11.4 Å². The normalized spacial score (nSPS) is 12.3. The van der Waals surface area contributed by atoms with E-state index in [9.17, 15) is 8.42 Å². The van der Waals surface area contributed by atoms with Crippen LogP contribution in [0, 0.1) is 0 Å². The smallest absolute Gasteiger partial charge is 0.242 e. The number of aliphatic imine (C=N–C) groups is 1. The molecule has 0 bridgehead atoms. The van der Waals surface area contributed by atoms with Gasteiger partial charge in [0, 0.05) is 44.0 Å². The molecule has 2 heterocycles. The van der Waals surface area contributed by atoms with Gasteiger partial charge in [0.2, 0.25) is 10.0 Å². The van der Waals surface area contributed by atoms with Crippen LogP contribution < -0.4 is 15.4 Å². The molecule has 9 nitrogen and oxygen atoms in total. The Kier molecular flexibility index (Phi) is 9.07. The second-order valence-electron chi connectivity index (χ2n) is 6.44. The monoisotopic (exact) mass is 422 g/mol. The maximum atomic E-state index is 12.2. The van der Waals surface area contributed by atoms with E-state index < -0.39 is 10.0 Å². The summed E-state index contributed by atoms with van der Waals surface area (Å²) in [7, 11) is -3.57. The van der Waals surface area contributed by atoms with Crippen molar-refractivity contribution in [2.75, 3.05) is 19.6 Å². The summed E-state index contributed by atoms with van der Waals surface area (Å²) >= 11 is 0. The highest BCUT2D eigenvalue weighted by Gasteiger charge is 2.14. The summed E-state index contributed by atoms with van der Waals surface area (Å²) in [5, 5.41) is 10.4. The first-order valence-electron chi connectivity index (χ1n) is 9.87. The zero-order valence-corrected chi connectivity index (χ0v) is 18.0. The lowest BCUT2D eigenvalue weighted by Gasteiger charge is -2.11. The molecule has 0 spiro atoms. The summed E-state index contributed by atoms with van der Waals surface area (Å²) in [4.78, 5) is 8.44. The minimum absolute atomic E-state index is 0.138. The van der Waals surface area contributed by atoms with Gasteiger partial charge in [-0.3, -0.25) is 4.98 Å². The van der Waals surface area contributed by atoms with Crippen molar-refractivity contribution >= 4 is 16.0 Å². The van der Waals surface area contributed by atoms with Crippen LogP contribution in [0.3, 0.4) is 0 Å². The van der Waals surface area contributed by atoms with E-state index in [0.29, 0.717) is 37.3 Å². The molecule has 2 rings (SSSR count). The molecular formula is C19H30N6O3S. The fraction of sp³-hybridized carbons (Fsp3) is 0.526. The van der Waals surface area contributed by atoms with Gasteiger partial charge >= 0.3 is 0 Å². The van der Waals surface area contributed by atoms with Gasteiger partial charge in [0.25, 0.3) is 0 Å². The van der Waals surface area contributed by atoms with Crippen LogP contribution in [-0.2, 0) is 16.6 Å². The molecule has 10 heteroatoms. The minimum Gasteiger partial charge on any atom is -0.359 e. The second kappa shape index (κ2) is 11.5. The molecule has 0 saturated carbocycles. The Morgan fingerprint density at radius 2 is 2.00 bits per heavy atom. The van der Waals surface area contributed by atoms with Crippen LogP contribution in [0.4, 0.5) is 0 Å². The standard InChI is InChI=1S/C19H30N6O3S/c1-4-15(5-2)18-12-16(28-25-18)13-23-19(21-6-3)22-10-11-24-29(26,27)17-8-7-9-20-14-17/h7-9,12,14-15,24H,4-6,10-11,13H2,1-3H3,(H2,21,22,23). The van der Waals surface area contributed by atoms with E-state index in [1.165, 1.54) is 18.5 Å². The number of sulfonamides is 1. The Hall–Kier alpha value is -2.46. The van der Waals surface area contributed by atoms with Gasteiger partial charge < -0.3 is 15.2 Å². The number of guanidine groups is 1. The highest BCUT2D eigenvalue weighted by atomic mass is 32.2. The molecular weight excluding hydrogens is 392 g/mol.